The number of amides is 2. The van der Waals surface area contributed by atoms with Crippen molar-refractivity contribution in [3.8, 4) is 5.75 Å². The molecule has 2 heterocycles. The van der Waals surface area contributed by atoms with Crippen LogP contribution in [0.2, 0.25) is 0 Å². The summed E-state index contributed by atoms with van der Waals surface area (Å²) in [6, 6.07) is 11.2. The molecule has 1 unspecified atom stereocenters. The van der Waals surface area contributed by atoms with Crippen LogP contribution in [0.5, 0.6) is 5.75 Å². The van der Waals surface area contributed by atoms with Crippen LogP contribution in [-0.2, 0) is 9.59 Å². The van der Waals surface area contributed by atoms with E-state index in [9.17, 15) is 9.59 Å². The first kappa shape index (κ1) is 16.5. The van der Waals surface area contributed by atoms with Crippen LogP contribution in [0.15, 0.2) is 41.8 Å². The molecule has 1 aliphatic heterocycles. The van der Waals surface area contributed by atoms with Crippen molar-refractivity contribution in [1.82, 2.24) is 5.32 Å². The molecule has 1 fully saturated rings. The summed E-state index contributed by atoms with van der Waals surface area (Å²) in [7, 11) is 0. The van der Waals surface area contributed by atoms with Gasteiger partial charge in [0.15, 0.2) is 6.61 Å². The van der Waals surface area contributed by atoms with Gasteiger partial charge < -0.3 is 15.0 Å². The van der Waals surface area contributed by atoms with Crippen molar-refractivity contribution in [2.24, 2.45) is 0 Å². The number of hydrogen-bond acceptors (Lipinski definition) is 4. The molecule has 0 saturated carbocycles. The molecule has 1 aliphatic rings. The molecule has 1 atom stereocenters. The lowest BCUT2D eigenvalue weighted by Gasteiger charge is -2.16. The van der Waals surface area contributed by atoms with Gasteiger partial charge >= 0.3 is 0 Å². The Morgan fingerprint density at radius 2 is 2.12 bits per heavy atom. The highest BCUT2D eigenvalue weighted by Crippen LogP contribution is 2.24. The van der Waals surface area contributed by atoms with Gasteiger partial charge in [-0.15, -0.1) is 11.3 Å². The quantitative estimate of drug-likeness (QED) is 0.876. The van der Waals surface area contributed by atoms with Gasteiger partial charge in [-0.05, 0) is 49.1 Å². The standard InChI is InChI=1S/C18H20N2O3S/c1-13(16-4-3-11-24-16)19-17(21)12-23-15-8-6-14(7-9-15)20-10-2-5-18(20)22/h3-4,6-9,11,13H,2,5,10,12H2,1H3,(H,19,21). The molecule has 3 rings (SSSR count). The summed E-state index contributed by atoms with van der Waals surface area (Å²) in [5.41, 5.74) is 0.876. The minimum absolute atomic E-state index is 0.0235. The second kappa shape index (κ2) is 7.49. The summed E-state index contributed by atoms with van der Waals surface area (Å²) in [6.07, 6.45) is 1.51. The third kappa shape index (κ3) is 3.94. The van der Waals surface area contributed by atoms with Crippen molar-refractivity contribution in [3.05, 3.63) is 46.7 Å². The number of ether oxygens (including phenoxy) is 1. The van der Waals surface area contributed by atoms with Gasteiger partial charge in [0.05, 0.1) is 6.04 Å². The van der Waals surface area contributed by atoms with Crippen molar-refractivity contribution in [1.29, 1.82) is 0 Å². The summed E-state index contributed by atoms with van der Waals surface area (Å²) < 4.78 is 5.52. The van der Waals surface area contributed by atoms with Gasteiger partial charge in [-0.2, -0.15) is 0 Å². The SMILES string of the molecule is CC(NC(=O)COc1ccc(N2CCCC2=O)cc1)c1cccs1. The Balaban J connectivity index is 1.49. The van der Waals surface area contributed by atoms with Crippen LogP contribution in [0.25, 0.3) is 0 Å². The number of carbonyl (C=O) groups is 2. The molecule has 1 aromatic heterocycles. The minimum atomic E-state index is -0.158. The first-order chi connectivity index (χ1) is 11.6. The maximum absolute atomic E-state index is 12.0. The number of nitrogens with zero attached hydrogens (tertiary/aromatic N) is 1. The molecule has 1 aromatic carbocycles. The van der Waals surface area contributed by atoms with Crippen molar-refractivity contribution >= 4 is 28.8 Å². The monoisotopic (exact) mass is 344 g/mol. The number of hydrogen-bond donors (Lipinski definition) is 1. The van der Waals surface area contributed by atoms with E-state index in [2.05, 4.69) is 5.32 Å². The van der Waals surface area contributed by atoms with Crippen LogP contribution in [0, 0.1) is 0 Å². The van der Waals surface area contributed by atoms with Crippen molar-refractivity contribution in [2.75, 3.05) is 18.1 Å². The normalized spacial score (nSPS) is 15.4. The van der Waals surface area contributed by atoms with E-state index in [0.29, 0.717) is 12.2 Å². The van der Waals surface area contributed by atoms with Crippen LogP contribution >= 0.6 is 11.3 Å². The Hall–Kier alpha value is -2.34. The predicted molar refractivity (Wildman–Crippen MR) is 94.4 cm³/mol. The van der Waals surface area contributed by atoms with Gasteiger partial charge in [0.2, 0.25) is 5.91 Å². The average molecular weight is 344 g/mol. The van der Waals surface area contributed by atoms with Crippen LogP contribution in [0.3, 0.4) is 0 Å². The van der Waals surface area contributed by atoms with Gasteiger partial charge in [0.1, 0.15) is 5.75 Å². The van der Waals surface area contributed by atoms with Crippen LogP contribution in [0.4, 0.5) is 5.69 Å². The maximum atomic E-state index is 12.0. The summed E-state index contributed by atoms with van der Waals surface area (Å²) in [5.74, 6) is 0.615. The zero-order chi connectivity index (χ0) is 16.9. The third-order valence-corrected chi connectivity index (χ3v) is 4.99. The molecule has 126 valence electrons. The fraction of sp³-hybridized carbons (Fsp3) is 0.333. The molecular weight excluding hydrogens is 324 g/mol. The molecule has 2 amide bonds. The molecule has 0 bridgehead atoms. The van der Waals surface area contributed by atoms with E-state index < -0.39 is 0 Å². The molecule has 0 spiro atoms. The molecule has 6 heteroatoms. The second-order valence-electron chi connectivity index (χ2n) is 5.74. The van der Waals surface area contributed by atoms with E-state index >= 15 is 0 Å². The summed E-state index contributed by atoms with van der Waals surface area (Å²) >= 11 is 1.61. The fourth-order valence-electron chi connectivity index (χ4n) is 2.68. The highest BCUT2D eigenvalue weighted by Gasteiger charge is 2.21. The van der Waals surface area contributed by atoms with E-state index in [-0.39, 0.29) is 24.5 Å². The second-order valence-corrected chi connectivity index (χ2v) is 6.72. The third-order valence-electron chi connectivity index (χ3n) is 3.94. The fourth-order valence-corrected chi connectivity index (χ4v) is 3.42. The Morgan fingerprint density at radius 3 is 2.75 bits per heavy atom. The first-order valence-electron chi connectivity index (χ1n) is 7.99. The van der Waals surface area contributed by atoms with Crippen molar-refractivity contribution in [3.63, 3.8) is 0 Å². The smallest absolute Gasteiger partial charge is 0.258 e. The van der Waals surface area contributed by atoms with Gasteiger partial charge in [-0.3, -0.25) is 9.59 Å². The van der Waals surface area contributed by atoms with Crippen molar-refractivity contribution in [2.45, 2.75) is 25.8 Å². The Bertz CT molecular complexity index is 698. The van der Waals surface area contributed by atoms with E-state index in [4.69, 9.17) is 4.74 Å². The molecule has 1 saturated heterocycles. The molecular formula is C18H20N2O3S. The van der Waals surface area contributed by atoms with Gasteiger partial charge in [0, 0.05) is 23.5 Å². The number of anilines is 1. The lowest BCUT2D eigenvalue weighted by Crippen LogP contribution is -2.30. The first-order valence-corrected chi connectivity index (χ1v) is 8.87. The summed E-state index contributed by atoms with van der Waals surface area (Å²) in [4.78, 5) is 26.6. The lowest BCUT2D eigenvalue weighted by atomic mass is 10.2. The van der Waals surface area contributed by atoms with E-state index in [0.717, 1.165) is 23.5 Å². The largest absolute Gasteiger partial charge is 0.484 e. The topological polar surface area (TPSA) is 58.6 Å². The summed E-state index contributed by atoms with van der Waals surface area (Å²) in [6.45, 7) is 2.69. The average Bonchev–Trinajstić information content (AvgIpc) is 3.25. The maximum Gasteiger partial charge on any atom is 0.258 e. The van der Waals surface area contributed by atoms with Crippen molar-refractivity contribution < 1.29 is 14.3 Å². The minimum Gasteiger partial charge on any atom is -0.484 e. The number of thiophene rings is 1. The number of carbonyl (C=O) groups excluding carboxylic acids is 2. The predicted octanol–water partition coefficient (Wildman–Crippen LogP) is 3.13. The Morgan fingerprint density at radius 1 is 1.33 bits per heavy atom. The van der Waals surface area contributed by atoms with E-state index in [1.54, 1.807) is 28.4 Å². The van der Waals surface area contributed by atoms with E-state index in [1.165, 1.54) is 0 Å². The molecule has 2 aromatic rings. The molecule has 0 aliphatic carbocycles. The van der Waals surface area contributed by atoms with Gasteiger partial charge in [0.25, 0.3) is 5.91 Å². The van der Waals surface area contributed by atoms with Gasteiger partial charge in [-0.1, -0.05) is 6.07 Å². The molecule has 1 N–H and O–H groups in total. The van der Waals surface area contributed by atoms with Gasteiger partial charge in [-0.25, -0.2) is 0 Å². The molecule has 24 heavy (non-hydrogen) atoms. The number of benzene rings is 1. The molecule has 0 radical (unpaired) electrons. The zero-order valence-corrected chi connectivity index (χ0v) is 14.3. The van der Waals surface area contributed by atoms with Crippen LogP contribution in [-0.4, -0.2) is 25.0 Å². The molecule has 5 nitrogen and oxygen atoms in total. The highest BCUT2D eigenvalue weighted by molar-refractivity contribution is 7.10. The number of rotatable bonds is 6. The Kier molecular flexibility index (Phi) is 5.15. The van der Waals surface area contributed by atoms with Crippen LogP contribution in [0.1, 0.15) is 30.7 Å². The Labute approximate surface area is 145 Å². The van der Waals surface area contributed by atoms with E-state index in [1.807, 2.05) is 36.6 Å². The number of nitrogens with one attached hydrogen (secondary N) is 1. The highest BCUT2D eigenvalue weighted by atomic mass is 32.1. The van der Waals surface area contributed by atoms with Crippen LogP contribution < -0.4 is 15.0 Å². The lowest BCUT2D eigenvalue weighted by molar-refractivity contribution is -0.123. The summed E-state index contributed by atoms with van der Waals surface area (Å²) in [5, 5.41) is 4.90. The zero-order valence-electron chi connectivity index (χ0n) is 13.5.